The van der Waals surface area contributed by atoms with Crippen LogP contribution in [0.5, 0.6) is 11.5 Å². The van der Waals surface area contributed by atoms with Gasteiger partial charge < -0.3 is 14.2 Å². The summed E-state index contributed by atoms with van der Waals surface area (Å²) in [6, 6.07) is 10.4. The summed E-state index contributed by atoms with van der Waals surface area (Å²) in [7, 11) is 2.99. The van der Waals surface area contributed by atoms with Gasteiger partial charge in [-0.05, 0) is 43.7 Å². The lowest BCUT2D eigenvalue weighted by atomic mass is 9.96. The predicted molar refractivity (Wildman–Crippen MR) is 133 cm³/mol. The molecule has 2 heterocycles. The molecule has 0 N–H and O–H groups in total. The first kappa shape index (κ1) is 24.9. The third-order valence-electron chi connectivity index (χ3n) is 5.66. The molecule has 2 aromatic carbocycles. The van der Waals surface area contributed by atoms with Crippen LogP contribution in [-0.2, 0) is 9.53 Å². The molecule has 0 radical (unpaired) electrons. The lowest BCUT2D eigenvalue weighted by Gasteiger charge is -2.24. The second-order valence-electron chi connectivity index (χ2n) is 7.76. The van der Waals surface area contributed by atoms with E-state index in [-0.39, 0.29) is 22.4 Å². The van der Waals surface area contributed by atoms with E-state index in [1.807, 2.05) is 0 Å². The second kappa shape index (κ2) is 10.2. The van der Waals surface area contributed by atoms with Crippen molar-refractivity contribution in [3.8, 4) is 11.5 Å². The molecule has 0 fully saturated rings. The first-order valence-corrected chi connectivity index (χ1v) is 11.8. The number of methoxy groups -OCH3 is 2. The maximum atomic E-state index is 13.7. The molecule has 0 bridgehead atoms. The van der Waals surface area contributed by atoms with Crippen LogP contribution in [0.4, 0.5) is 5.69 Å². The zero-order chi connectivity index (χ0) is 26.0. The molecule has 1 aliphatic heterocycles. The van der Waals surface area contributed by atoms with E-state index in [9.17, 15) is 19.7 Å². The van der Waals surface area contributed by atoms with E-state index < -0.39 is 22.5 Å². The summed E-state index contributed by atoms with van der Waals surface area (Å²) in [6.07, 6.45) is 1.53. The SMILES string of the molecule is CCOC(=O)C1=C(C)N=c2s/c(=C/c3cc([N+](=O)[O-])ccc3OC)c(=O)n2[C@@H]1c1ccc(OC)cc1. The Hall–Kier alpha value is -4.25. The highest BCUT2D eigenvalue weighted by Gasteiger charge is 2.33. The summed E-state index contributed by atoms with van der Waals surface area (Å²) in [4.78, 5) is 42.3. The number of thiazole rings is 1. The van der Waals surface area contributed by atoms with Crippen LogP contribution in [0.25, 0.3) is 6.08 Å². The summed E-state index contributed by atoms with van der Waals surface area (Å²) >= 11 is 1.12. The Kier molecular flexibility index (Phi) is 7.02. The molecule has 0 unspecified atom stereocenters. The lowest BCUT2D eigenvalue weighted by Crippen LogP contribution is -2.39. The van der Waals surface area contributed by atoms with Crippen molar-refractivity contribution in [2.24, 2.45) is 4.99 Å². The average Bonchev–Trinajstić information content (AvgIpc) is 3.17. The van der Waals surface area contributed by atoms with E-state index >= 15 is 0 Å². The van der Waals surface area contributed by atoms with E-state index in [1.54, 1.807) is 45.2 Å². The minimum atomic E-state index is -0.777. The van der Waals surface area contributed by atoms with Gasteiger partial charge in [-0.1, -0.05) is 23.5 Å². The molecule has 1 atom stereocenters. The normalized spacial score (nSPS) is 15.2. The molecule has 0 spiro atoms. The molecule has 1 aliphatic rings. The van der Waals surface area contributed by atoms with Crippen LogP contribution < -0.4 is 24.4 Å². The number of fused-ring (bicyclic) bond motifs is 1. The van der Waals surface area contributed by atoms with Gasteiger partial charge in [-0.3, -0.25) is 19.5 Å². The summed E-state index contributed by atoms with van der Waals surface area (Å²) < 4.78 is 17.6. The number of carbonyl (C=O) groups excluding carboxylic acids is 1. The molecule has 10 nitrogen and oxygen atoms in total. The highest BCUT2D eigenvalue weighted by atomic mass is 32.1. The Morgan fingerprint density at radius 1 is 1.19 bits per heavy atom. The van der Waals surface area contributed by atoms with Gasteiger partial charge in [0, 0.05) is 17.7 Å². The van der Waals surface area contributed by atoms with Gasteiger partial charge in [0.25, 0.3) is 11.2 Å². The highest BCUT2D eigenvalue weighted by Crippen LogP contribution is 2.31. The zero-order valence-corrected chi connectivity index (χ0v) is 20.8. The number of ether oxygens (including phenoxy) is 3. The summed E-state index contributed by atoms with van der Waals surface area (Å²) in [5.41, 5.74) is 1.21. The summed E-state index contributed by atoms with van der Waals surface area (Å²) in [5, 5.41) is 11.3. The smallest absolute Gasteiger partial charge is 0.338 e. The van der Waals surface area contributed by atoms with Crippen molar-refractivity contribution in [3.05, 3.63) is 94.7 Å². The van der Waals surface area contributed by atoms with Gasteiger partial charge in [0.2, 0.25) is 0 Å². The number of rotatable bonds is 7. The monoisotopic (exact) mass is 509 g/mol. The van der Waals surface area contributed by atoms with Crippen LogP contribution in [-0.4, -0.2) is 36.3 Å². The molecule has 0 saturated heterocycles. The Morgan fingerprint density at radius 3 is 2.53 bits per heavy atom. The minimum Gasteiger partial charge on any atom is -0.497 e. The van der Waals surface area contributed by atoms with E-state index in [2.05, 4.69) is 4.99 Å². The van der Waals surface area contributed by atoms with Crippen molar-refractivity contribution >= 4 is 29.1 Å². The standard InChI is InChI=1S/C25H23N3O7S/c1-5-35-24(30)21-14(2)26-25-27(22(21)15-6-9-18(33-3)10-7-15)23(29)20(36-25)13-16-12-17(28(31)32)8-11-19(16)34-4/h6-13,22H,5H2,1-4H3/b20-13+/t22-/m1/s1. The fourth-order valence-electron chi connectivity index (χ4n) is 3.98. The molecule has 0 aliphatic carbocycles. The molecule has 11 heteroatoms. The van der Waals surface area contributed by atoms with Gasteiger partial charge in [0.1, 0.15) is 11.5 Å². The molecule has 1 aromatic heterocycles. The minimum absolute atomic E-state index is 0.133. The van der Waals surface area contributed by atoms with Gasteiger partial charge in [-0.25, -0.2) is 9.79 Å². The van der Waals surface area contributed by atoms with Crippen LogP contribution >= 0.6 is 11.3 Å². The number of nitro groups is 1. The first-order valence-electron chi connectivity index (χ1n) is 10.9. The fourth-order valence-corrected chi connectivity index (χ4v) is 5.02. The summed E-state index contributed by atoms with van der Waals surface area (Å²) in [6.45, 7) is 3.57. The fraction of sp³-hybridized carbons (Fsp3) is 0.240. The van der Waals surface area contributed by atoms with Crippen LogP contribution in [0.3, 0.4) is 0 Å². The number of hydrogen-bond acceptors (Lipinski definition) is 9. The number of allylic oxidation sites excluding steroid dienone is 1. The lowest BCUT2D eigenvalue weighted by molar-refractivity contribution is -0.384. The number of nitrogens with zero attached hydrogens (tertiary/aromatic N) is 3. The topological polar surface area (TPSA) is 122 Å². The van der Waals surface area contributed by atoms with Gasteiger partial charge >= 0.3 is 5.97 Å². The van der Waals surface area contributed by atoms with Crippen molar-refractivity contribution in [3.63, 3.8) is 0 Å². The zero-order valence-electron chi connectivity index (χ0n) is 20.0. The van der Waals surface area contributed by atoms with E-state index in [4.69, 9.17) is 14.2 Å². The molecule has 186 valence electrons. The molecule has 36 heavy (non-hydrogen) atoms. The van der Waals surface area contributed by atoms with Crippen molar-refractivity contribution < 1.29 is 23.9 Å². The third-order valence-corrected chi connectivity index (χ3v) is 6.64. The van der Waals surface area contributed by atoms with Crippen LogP contribution in [0, 0.1) is 10.1 Å². The quantitative estimate of drug-likeness (QED) is 0.273. The Bertz CT molecular complexity index is 1550. The molecule has 4 rings (SSSR count). The van der Waals surface area contributed by atoms with E-state index in [1.165, 1.54) is 36.0 Å². The van der Waals surface area contributed by atoms with Crippen LogP contribution in [0.1, 0.15) is 31.0 Å². The van der Waals surface area contributed by atoms with Crippen molar-refractivity contribution in [2.45, 2.75) is 19.9 Å². The number of non-ortho nitro benzene ring substituents is 1. The number of carbonyl (C=O) groups is 1. The third kappa shape index (κ3) is 4.52. The number of nitro benzene ring substituents is 1. The molecular weight excluding hydrogens is 486 g/mol. The maximum absolute atomic E-state index is 13.7. The Balaban J connectivity index is 1.96. The number of aromatic nitrogens is 1. The number of esters is 1. The van der Waals surface area contributed by atoms with Crippen molar-refractivity contribution in [1.29, 1.82) is 0 Å². The van der Waals surface area contributed by atoms with Gasteiger partial charge in [-0.2, -0.15) is 0 Å². The van der Waals surface area contributed by atoms with Gasteiger partial charge in [0.05, 0.1) is 47.6 Å². The van der Waals surface area contributed by atoms with E-state index in [0.717, 1.165) is 11.3 Å². The van der Waals surface area contributed by atoms with E-state index in [0.29, 0.717) is 33.1 Å². The number of hydrogen-bond donors (Lipinski definition) is 0. The largest absolute Gasteiger partial charge is 0.497 e. The highest BCUT2D eigenvalue weighted by molar-refractivity contribution is 7.07. The second-order valence-corrected chi connectivity index (χ2v) is 8.77. The molecule has 3 aromatic rings. The summed E-state index contributed by atoms with van der Waals surface area (Å²) in [5.74, 6) is 0.443. The Labute approximate surface area is 209 Å². The van der Waals surface area contributed by atoms with Gasteiger partial charge in [-0.15, -0.1) is 0 Å². The van der Waals surface area contributed by atoms with Crippen molar-refractivity contribution in [1.82, 2.24) is 4.57 Å². The molecule has 0 saturated carbocycles. The van der Waals surface area contributed by atoms with Crippen LogP contribution in [0.15, 0.2) is 63.5 Å². The Morgan fingerprint density at radius 2 is 1.92 bits per heavy atom. The average molecular weight is 510 g/mol. The maximum Gasteiger partial charge on any atom is 0.338 e. The van der Waals surface area contributed by atoms with Crippen molar-refractivity contribution in [2.75, 3.05) is 20.8 Å². The molecular formula is C25H23N3O7S. The van der Waals surface area contributed by atoms with Crippen LogP contribution in [0.2, 0.25) is 0 Å². The predicted octanol–water partition coefficient (Wildman–Crippen LogP) is 2.72. The first-order chi connectivity index (χ1) is 17.3. The molecule has 0 amide bonds. The number of benzene rings is 2. The van der Waals surface area contributed by atoms with Gasteiger partial charge in [0.15, 0.2) is 4.80 Å².